The minimum atomic E-state index is -0.604. The van der Waals surface area contributed by atoms with Crippen molar-refractivity contribution in [2.45, 2.75) is 0 Å². The molecular weight excluding hydrogens is 190 g/mol. The first-order chi connectivity index (χ1) is 6.63. The highest BCUT2D eigenvalue weighted by Crippen LogP contribution is 2.10. The van der Waals surface area contributed by atoms with Crippen LogP contribution in [0.3, 0.4) is 0 Å². The van der Waals surface area contributed by atoms with Gasteiger partial charge in [0.1, 0.15) is 11.6 Å². The molecule has 5 heteroatoms. The SMILES string of the molecule is NNC(=O)/C=C/c1cc(F)ccc1F. The van der Waals surface area contributed by atoms with E-state index in [9.17, 15) is 13.6 Å². The number of carbonyl (C=O) groups excluding carboxylic acids is 1. The quantitative estimate of drug-likeness (QED) is 0.322. The highest BCUT2D eigenvalue weighted by Gasteiger charge is 2.00. The molecule has 1 rings (SSSR count). The van der Waals surface area contributed by atoms with Crippen molar-refractivity contribution in [1.82, 2.24) is 5.43 Å². The number of rotatable bonds is 2. The van der Waals surface area contributed by atoms with Gasteiger partial charge in [0.2, 0.25) is 0 Å². The van der Waals surface area contributed by atoms with E-state index >= 15 is 0 Å². The van der Waals surface area contributed by atoms with Crippen LogP contribution >= 0.6 is 0 Å². The number of carbonyl (C=O) groups is 1. The normalized spacial score (nSPS) is 10.5. The van der Waals surface area contributed by atoms with E-state index < -0.39 is 17.5 Å². The average Bonchev–Trinajstić information content (AvgIpc) is 2.19. The van der Waals surface area contributed by atoms with E-state index in [1.807, 2.05) is 5.43 Å². The van der Waals surface area contributed by atoms with Gasteiger partial charge in [-0.1, -0.05) is 0 Å². The van der Waals surface area contributed by atoms with Crippen LogP contribution in [0.25, 0.3) is 6.08 Å². The summed E-state index contributed by atoms with van der Waals surface area (Å²) < 4.78 is 25.6. The van der Waals surface area contributed by atoms with Gasteiger partial charge in [0.15, 0.2) is 0 Å². The zero-order chi connectivity index (χ0) is 10.6. The summed E-state index contributed by atoms with van der Waals surface area (Å²) in [6.07, 6.45) is 2.15. The summed E-state index contributed by atoms with van der Waals surface area (Å²) in [5, 5.41) is 0. The van der Waals surface area contributed by atoms with Gasteiger partial charge >= 0.3 is 0 Å². The summed E-state index contributed by atoms with van der Waals surface area (Å²) in [5.74, 6) is 3.02. The zero-order valence-electron chi connectivity index (χ0n) is 7.13. The number of halogens is 2. The Morgan fingerprint density at radius 3 is 2.79 bits per heavy atom. The lowest BCUT2D eigenvalue weighted by Crippen LogP contribution is -2.27. The lowest BCUT2D eigenvalue weighted by Gasteiger charge is -1.96. The van der Waals surface area contributed by atoms with E-state index in [1.54, 1.807) is 0 Å². The Morgan fingerprint density at radius 1 is 1.43 bits per heavy atom. The van der Waals surface area contributed by atoms with Gasteiger partial charge in [-0.05, 0) is 24.3 Å². The number of hydrogen-bond acceptors (Lipinski definition) is 2. The van der Waals surface area contributed by atoms with Crippen molar-refractivity contribution in [2.24, 2.45) is 5.84 Å². The number of amides is 1. The highest BCUT2D eigenvalue weighted by molar-refractivity contribution is 5.91. The molecule has 1 amide bonds. The molecule has 1 aromatic rings. The monoisotopic (exact) mass is 198 g/mol. The molecule has 14 heavy (non-hydrogen) atoms. The molecule has 0 aliphatic carbocycles. The van der Waals surface area contributed by atoms with E-state index in [2.05, 4.69) is 0 Å². The minimum Gasteiger partial charge on any atom is -0.291 e. The standard InChI is InChI=1S/C9H8F2N2O/c10-7-2-3-8(11)6(5-7)1-4-9(14)13-12/h1-5H,12H2,(H,13,14)/b4-1+. The number of nitrogens with one attached hydrogen (secondary N) is 1. The van der Waals surface area contributed by atoms with Crippen molar-refractivity contribution < 1.29 is 13.6 Å². The Balaban J connectivity index is 2.90. The Labute approximate surface area is 79.2 Å². The third-order valence-electron chi connectivity index (χ3n) is 1.51. The number of hydrogen-bond donors (Lipinski definition) is 2. The minimum absolute atomic E-state index is 0.00593. The van der Waals surface area contributed by atoms with Crippen molar-refractivity contribution in [3.8, 4) is 0 Å². The lowest BCUT2D eigenvalue weighted by atomic mass is 10.2. The lowest BCUT2D eigenvalue weighted by molar-refractivity contribution is -0.116. The van der Waals surface area contributed by atoms with E-state index in [-0.39, 0.29) is 5.56 Å². The second-order valence-corrected chi connectivity index (χ2v) is 2.51. The molecule has 0 saturated carbocycles. The molecule has 0 radical (unpaired) electrons. The molecule has 3 nitrogen and oxygen atoms in total. The second kappa shape index (κ2) is 4.48. The van der Waals surface area contributed by atoms with Crippen molar-refractivity contribution in [3.63, 3.8) is 0 Å². The molecule has 0 aliphatic heterocycles. The van der Waals surface area contributed by atoms with E-state index in [1.165, 1.54) is 0 Å². The van der Waals surface area contributed by atoms with Gasteiger partial charge in [-0.25, -0.2) is 14.6 Å². The summed E-state index contributed by atoms with van der Waals surface area (Å²) in [7, 11) is 0. The molecular formula is C9H8F2N2O. The van der Waals surface area contributed by atoms with Crippen LogP contribution in [0.4, 0.5) is 8.78 Å². The van der Waals surface area contributed by atoms with Gasteiger partial charge in [-0.2, -0.15) is 0 Å². The number of hydrazine groups is 1. The highest BCUT2D eigenvalue weighted by atomic mass is 19.1. The van der Waals surface area contributed by atoms with Crippen molar-refractivity contribution >= 4 is 12.0 Å². The number of benzene rings is 1. The first kappa shape index (κ1) is 10.3. The maximum atomic E-state index is 12.9. The molecule has 3 N–H and O–H groups in total. The van der Waals surface area contributed by atoms with Crippen LogP contribution in [0.1, 0.15) is 5.56 Å². The molecule has 1 aromatic carbocycles. The fraction of sp³-hybridized carbons (Fsp3) is 0. The molecule has 0 aromatic heterocycles. The van der Waals surface area contributed by atoms with Gasteiger partial charge in [-0.3, -0.25) is 10.2 Å². The third-order valence-corrected chi connectivity index (χ3v) is 1.51. The van der Waals surface area contributed by atoms with Gasteiger partial charge < -0.3 is 0 Å². The molecule has 0 heterocycles. The smallest absolute Gasteiger partial charge is 0.257 e. The zero-order valence-corrected chi connectivity index (χ0v) is 7.13. The van der Waals surface area contributed by atoms with Crippen LogP contribution < -0.4 is 11.3 Å². The summed E-state index contributed by atoms with van der Waals surface area (Å²) in [6.45, 7) is 0. The Kier molecular flexibility index (Phi) is 3.30. The van der Waals surface area contributed by atoms with Crippen molar-refractivity contribution in [2.75, 3.05) is 0 Å². The summed E-state index contributed by atoms with van der Waals surface area (Å²) in [6, 6.07) is 2.96. The van der Waals surface area contributed by atoms with Crippen LogP contribution in [-0.2, 0) is 4.79 Å². The van der Waals surface area contributed by atoms with E-state index in [4.69, 9.17) is 5.84 Å². The van der Waals surface area contributed by atoms with Crippen molar-refractivity contribution in [1.29, 1.82) is 0 Å². The fourth-order valence-electron chi connectivity index (χ4n) is 0.856. The summed E-state index contributed by atoms with van der Waals surface area (Å²) in [5.41, 5.74) is 1.82. The maximum absolute atomic E-state index is 12.9. The topological polar surface area (TPSA) is 55.1 Å². The van der Waals surface area contributed by atoms with Crippen LogP contribution in [0.2, 0.25) is 0 Å². The molecule has 74 valence electrons. The molecule has 0 atom stereocenters. The van der Waals surface area contributed by atoms with Crippen LogP contribution in [0.5, 0.6) is 0 Å². The van der Waals surface area contributed by atoms with E-state index in [0.29, 0.717) is 0 Å². The van der Waals surface area contributed by atoms with Crippen molar-refractivity contribution in [3.05, 3.63) is 41.5 Å². The number of nitrogens with two attached hydrogens (primary N) is 1. The molecule has 0 bridgehead atoms. The summed E-state index contributed by atoms with van der Waals surface area (Å²) >= 11 is 0. The Hall–Kier alpha value is -1.75. The fourth-order valence-corrected chi connectivity index (χ4v) is 0.856. The summed E-state index contributed by atoms with van der Waals surface area (Å²) in [4.78, 5) is 10.6. The maximum Gasteiger partial charge on any atom is 0.257 e. The van der Waals surface area contributed by atoms with E-state index in [0.717, 1.165) is 30.4 Å². The predicted molar refractivity (Wildman–Crippen MR) is 47.7 cm³/mol. The van der Waals surface area contributed by atoms with Gasteiger partial charge in [0, 0.05) is 11.6 Å². The first-order valence-electron chi connectivity index (χ1n) is 3.77. The molecule has 0 saturated heterocycles. The predicted octanol–water partition coefficient (Wildman–Crippen LogP) is 0.968. The largest absolute Gasteiger partial charge is 0.291 e. The van der Waals surface area contributed by atoms with Gasteiger partial charge in [0.25, 0.3) is 5.91 Å². The van der Waals surface area contributed by atoms with Gasteiger partial charge in [0.05, 0.1) is 0 Å². The second-order valence-electron chi connectivity index (χ2n) is 2.51. The average molecular weight is 198 g/mol. The third kappa shape index (κ3) is 2.63. The van der Waals surface area contributed by atoms with Crippen LogP contribution in [-0.4, -0.2) is 5.91 Å². The Bertz CT molecular complexity index is 377. The Morgan fingerprint density at radius 2 is 2.14 bits per heavy atom. The van der Waals surface area contributed by atoms with Crippen LogP contribution in [0, 0.1) is 11.6 Å². The van der Waals surface area contributed by atoms with Crippen LogP contribution in [0.15, 0.2) is 24.3 Å². The van der Waals surface area contributed by atoms with Gasteiger partial charge in [-0.15, -0.1) is 0 Å². The molecule has 0 spiro atoms. The first-order valence-corrected chi connectivity index (χ1v) is 3.77. The molecule has 0 unspecified atom stereocenters. The molecule has 0 fully saturated rings. The molecule has 0 aliphatic rings.